The Labute approximate surface area is 138 Å². The molecule has 0 unspecified atom stereocenters. The molecule has 0 amide bonds. The maximum absolute atomic E-state index is 9.60. The molecule has 0 bridgehead atoms. The largest absolute Gasteiger partial charge is 0.504 e. The molecule has 0 radical (unpaired) electrons. The normalized spacial score (nSPS) is 11.7. The maximum atomic E-state index is 9.60. The average Bonchev–Trinajstić information content (AvgIpc) is 3.01. The van der Waals surface area contributed by atoms with E-state index in [0.29, 0.717) is 18.1 Å². The zero-order chi connectivity index (χ0) is 17.1. The zero-order valence-electron chi connectivity index (χ0n) is 13.7. The second-order valence-electron chi connectivity index (χ2n) is 5.52. The van der Waals surface area contributed by atoms with E-state index >= 15 is 0 Å². The van der Waals surface area contributed by atoms with Crippen LogP contribution in [0, 0.1) is 0 Å². The molecule has 0 saturated heterocycles. The topological polar surface area (TPSA) is 97.8 Å². The van der Waals surface area contributed by atoms with E-state index in [1.165, 1.54) is 13.4 Å². The Morgan fingerprint density at radius 3 is 2.88 bits per heavy atom. The van der Waals surface area contributed by atoms with E-state index in [-0.39, 0.29) is 11.8 Å². The van der Waals surface area contributed by atoms with Crippen molar-refractivity contribution in [3.8, 4) is 11.5 Å². The first-order valence-electron chi connectivity index (χ1n) is 7.51. The van der Waals surface area contributed by atoms with Gasteiger partial charge in [-0.2, -0.15) is 10.2 Å². The van der Waals surface area contributed by atoms with Crippen LogP contribution in [0.25, 0.3) is 11.0 Å². The molecule has 0 spiro atoms. The van der Waals surface area contributed by atoms with Gasteiger partial charge in [0.2, 0.25) is 0 Å². The van der Waals surface area contributed by atoms with Crippen LogP contribution in [0.4, 0.5) is 5.82 Å². The molecule has 0 aliphatic rings. The van der Waals surface area contributed by atoms with Gasteiger partial charge in [-0.15, -0.1) is 5.11 Å². The number of fused-ring (bicyclic) bond motifs is 1. The van der Waals surface area contributed by atoms with Crippen molar-refractivity contribution >= 4 is 16.9 Å². The monoisotopic (exact) mass is 326 g/mol. The fourth-order valence-electron chi connectivity index (χ4n) is 2.31. The van der Waals surface area contributed by atoms with Gasteiger partial charge in [-0.25, -0.2) is 14.6 Å². The minimum atomic E-state index is 0.0943. The summed E-state index contributed by atoms with van der Waals surface area (Å²) in [4.78, 5) is 8.43. The van der Waals surface area contributed by atoms with Gasteiger partial charge in [0, 0.05) is 6.04 Å². The molecule has 24 heavy (non-hydrogen) atoms. The Hall–Kier alpha value is -3.03. The molecular weight excluding hydrogens is 308 g/mol. The van der Waals surface area contributed by atoms with Gasteiger partial charge in [-0.1, -0.05) is 6.07 Å². The first kappa shape index (κ1) is 15.9. The molecule has 0 fully saturated rings. The van der Waals surface area contributed by atoms with E-state index in [1.807, 2.05) is 18.5 Å². The van der Waals surface area contributed by atoms with Crippen LogP contribution in [0.15, 0.2) is 41.0 Å². The predicted molar refractivity (Wildman–Crippen MR) is 88.6 cm³/mol. The molecule has 0 saturated carbocycles. The molecule has 0 atom stereocenters. The number of benzene rings is 1. The second-order valence-corrected chi connectivity index (χ2v) is 5.52. The third-order valence-corrected chi connectivity index (χ3v) is 3.52. The van der Waals surface area contributed by atoms with Crippen LogP contribution in [-0.4, -0.2) is 32.0 Å². The average molecular weight is 326 g/mol. The highest BCUT2D eigenvalue weighted by Gasteiger charge is 2.11. The van der Waals surface area contributed by atoms with Crippen LogP contribution in [0.1, 0.15) is 25.5 Å². The molecule has 0 aliphatic carbocycles. The van der Waals surface area contributed by atoms with E-state index in [1.54, 1.807) is 24.4 Å². The number of ether oxygens (including phenoxy) is 1. The first-order chi connectivity index (χ1) is 11.6. The van der Waals surface area contributed by atoms with E-state index in [4.69, 9.17) is 4.74 Å². The maximum Gasteiger partial charge on any atom is 0.188 e. The lowest BCUT2D eigenvalue weighted by atomic mass is 10.2. The predicted octanol–water partition coefficient (Wildman–Crippen LogP) is 3.41. The third-order valence-electron chi connectivity index (χ3n) is 3.52. The number of aromatic hydroxyl groups is 1. The summed E-state index contributed by atoms with van der Waals surface area (Å²) in [6.45, 7) is 4.42. The van der Waals surface area contributed by atoms with Crippen LogP contribution in [-0.2, 0) is 6.54 Å². The zero-order valence-corrected chi connectivity index (χ0v) is 13.7. The SMILES string of the molecule is COc1cc(CN=Nc2ncnc3c2cnn3C(C)C)ccc1O. The lowest BCUT2D eigenvalue weighted by molar-refractivity contribution is 0.373. The van der Waals surface area contributed by atoms with E-state index in [0.717, 1.165) is 16.6 Å². The smallest absolute Gasteiger partial charge is 0.188 e. The second kappa shape index (κ2) is 6.61. The summed E-state index contributed by atoms with van der Waals surface area (Å²) in [5.41, 5.74) is 1.61. The highest BCUT2D eigenvalue weighted by atomic mass is 16.5. The Morgan fingerprint density at radius 1 is 1.29 bits per heavy atom. The Morgan fingerprint density at radius 2 is 2.12 bits per heavy atom. The molecule has 8 nitrogen and oxygen atoms in total. The van der Waals surface area contributed by atoms with Crippen molar-refractivity contribution in [2.24, 2.45) is 10.2 Å². The Kier molecular flexibility index (Phi) is 4.37. The van der Waals surface area contributed by atoms with Gasteiger partial charge >= 0.3 is 0 Å². The number of phenols is 1. The lowest BCUT2D eigenvalue weighted by Gasteiger charge is -2.05. The number of nitrogens with zero attached hydrogens (tertiary/aromatic N) is 6. The van der Waals surface area contributed by atoms with Crippen molar-refractivity contribution < 1.29 is 9.84 Å². The Balaban J connectivity index is 1.83. The van der Waals surface area contributed by atoms with Crippen LogP contribution < -0.4 is 4.74 Å². The first-order valence-corrected chi connectivity index (χ1v) is 7.51. The van der Waals surface area contributed by atoms with Crippen LogP contribution in [0.5, 0.6) is 11.5 Å². The number of aromatic nitrogens is 4. The summed E-state index contributed by atoms with van der Waals surface area (Å²) >= 11 is 0. The summed E-state index contributed by atoms with van der Waals surface area (Å²) in [5.74, 6) is 0.986. The minimum Gasteiger partial charge on any atom is -0.504 e. The number of phenolic OH excluding ortho intramolecular Hbond substituents is 1. The van der Waals surface area contributed by atoms with Crippen molar-refractivity contribution in [1.82, 2.24) is 19.7 Å². The molecule has 8 heteroatoms. The number of hydrogen-bond acceptors (Lipinski definition) is 7. The van der Waals surface area contributed by atoms with Crippen LogP contribution in [0.3, 0.4) is 0 Å². The van der Waals surface area contributed by atoms with Crippen molar-refractivity contribution in [3.05, 3.63) is 36.3 Å². The van der Waals surface area contributed by atoms with Gasteiger partial charge < -0.3 is 9.84 Å². The summed E-state index contributed by atoms with van der Waals surface area (Å²) in [7, 11) is 1.50. The quantitative estimate of drug-likeness (QED) is 0.725. The van der Waals surface area contributed by atoms with Crippen molar-refractivity contribution in [2.75, 3.05) is 7.11 Å². The molecule has 2 aromatic heterocycles. The van der Waals surface area contributed by atoms with Crippen LogP contribution >= 0.6 is 0 Å². The molecule has 1 aromatic carbocycles. The molecule has 3 rings (SSSR count). The molecular formula is C16H18N6O2. The van der Waals surface area contributed by atoms with Gasteiger partial charge in [0.15, 0.2) is 23.0 Å². The number of hydrogen-bond donors (Lipinski definition) is 1. The molecule has 0 aliphatic heterocycles. The fourth-order valence-corrected chi connectivity index (χ4v) is 2.31. The molecule has 124 valence electrons. The van der Waals surface area contributed by atoms with Crippen molar-refractivity contribution in [3.63, 3.8) is 0 Å². The van der Waals surface area contributed by atoms with Crippen LogP contribution in [0.2, 0.25) is 0 Å². The fraction of sp³-hybridized carbons (Fsp3) is 0.312. The molecule has 2 heterocycles. The standard InChI is InChI=1S/C16H18N6O2/c1-10(2)22-16-12(8-20-22)15(17-9-18-16)21-19-7-11-4-5-13(23)14(6-11)24-3/h4-6,8-10,23H,7H2,1-3H3. The summed E-state index contributed by atoms with van der Waals surface area (Å²) in [5, 5.41) is 23.1. The van der Waals surface area contributed by atoms with E-state index in [9.17, 15) is 5.11 Å². The number of azo groups is 1. The lowest BCUT2D eigenvalue weighted by Crippen LogP contribution is -2.03. The summed E-state index contributed by atoms with van der Waals surface area (Å²) in [6, 6.07) is 5.26. The number of methoxy groups -OCH3 is 1. The van der Waals surface area contributed by atoms with Gasteiger partial charge in [-0.3, -0.25) is 0 Å². The summed E-state index contributed by atoms with van der Waals surface area (Å²) in [6.07, 6.45) is 3.16. The van der Waals surface area contributed by atoms with Gasteiger partial charge in [0.1, 0.15) is 6.33 Å². The minimum absolute atomic E-state index is 0.0943. The molecule has 1 N–H and O–H groups in total. The van der Waals surface area contributed by atoms with Gasteiger partial charge in [-0.05, 0) is 31.5 Å². The molecule has 3 aromatic rings. The summed E-state index contributed by atoms with van der Waals surface area (Å²) < 4.78 is 6.90. The van der Waals surface area contributed by atoms with Gasteiger partial charge in [0.05, 0.1) is 25.2 Å². The van der Waals surface area contributed by atoms with Crippen molar-refractivity contribution in [1.29, 1.82) is 0 Å². The highest BCUT2D eigenvalue weighted by Crippen LogP contribution is 2.27. The van der Waals surface area contributed by atoms with Crippen molar-refractivity contribution in [2.45, 2.75) is 26.4 Å². The number of rotatable bonds is 5. The highest BCUT2D eigenvalue weighted by molar-refractivity contribution is 5.84. The van der Waals surface area contributed by atoms with Gasteiger partial charge in [0.25, 0.3) is 0 Å². The Bertz CT molecular complexity index is 887. The third kappa shape index (κ3) is 3.03. The van der Waals surface area contributed by atoms with E-state index < -0.39 is 0 Å². The van der Waals surface area contributed by atoms with E-state index in [2.05, 4.69) is 25.3 Å².